The Morgan fingerprint density at radius 3 is 2.32 bits per heavy atom. The van der Waals surface area contributed by atoms with E-state index in [9.17, 15) is 0 Å². The summed E-state index contributed by atoms with van der Waals surface area (Å²) < 4.78 is 0. The number of allylic oxidation sites excluding steroid dienone is 4. The molecular formula is C19H34. The van der Waals surface area contributed by atoms with Gasteiger partial charge in [-0.3, -0.25) is 0 Å². The van der Waals surface area contributed by atoms with Crippen molar-refractivity contribution in [3.8, 4) is 0 Å². The second kappa shape index (κ2) is 9.39. The predicted octanol–water partition coefficient (Wildman–Crippen LogP) is 6.68. The van der Waals surface area contributed by atoms with Crippen molar-refractivity contribution < 1.29 is 0 Å². The van der Waals surface area contributed by atoms with Crippen LogP contribution in [0.25, 0.3) is 0 Å². The van der Waals surface area contributed by atoms with Gasteiger partial charge in [-0.25, -0.2) is 0 Å². The molecule has 1 fully saturated rings. The smallest absolute Gasteiger partial charge is 0.0288 e. The number of rotatable bonds is 7. The van der Waals surface area contributed by atoms with Crippen LogP contribution in [0.15, 0.2) is 23.3 Å². The average Bonchev–Trinajstić information content (AvgIpc) is 2.39. The summed E-state index contributed by atoms with van der Waals surface area (Å²) in [6.45, 7) is 9.14. The van der Waals surface area contributed by atoms with Gasteiger partial charge in [-0.2, -0.15) is 0 Å². The standard InChI is InChI=1S/C19H34/c1-16(2)10-8-11-17(3)12-9-13-18(4)19-14-6-5-7-15-19/h10,12,18-19H,5-9,11,13-15H2,1-4H3. The molecule has 0 heteroatoms. The lowest BCUT2D eigenvalue weighted by Crippen LogP contribution is -2.15. The second-order valence-corrected chi connectivity index (χ2v) is 6.82. The Kier molecular flexibility index (Phi) is 8.18. The van der Waals surface area contributed by atoms with Crippen LogP contribution in [0.2, 0.25) is 0 Å². The molecule has 0 aliphatic heterocycles. The first-order chi connectivity index (χ1) is 9.09. The quantitative estimate of drug-likeness (QED) is 0.449. The maximum Gasteiger partial charge on any atom is -0.0288 e. The van der Waals surface area contributed by atoms with Gasteiger partial charge in [0.2, 0.25) is 0 Å². The van der Waals surface area contributed by atoms with Gasteiger partial charge in [0, 0.05) is 0 Å². The summed E-state index contributed by atoms with van der Waals surface area (Å²) in [7, 11) is 0. The Balaban J connectivity index is 2.18. The van der Waals surface area contributed by atoms with Gasteiger partial charge in [-0.15, -0.1) is 0 Å². The molecule has 0 N–H and O–H groups in total. The fraction of sp³-hybridized carbons (Fsp3) is 0.789. The van der Waals surface area contributed by atoms with E-state index in [-0.39, 0.29) is 0 Å². The molecule has 0 heterocycles. The highest BCUT2D eigenvalue weighted by atomic mass is 14.2. The maximum atomic E-state index is 2.48. The van der Waals surface area contributed by atoms with E-state index in [1.54, 1.807) is 5.57 Å². The molecule has 1 atom stereocenters. The first kappa shape index (κ1) is 16.5. The number of hydrogen-bond acceptors (Lipinski definition) is 0. The molecule has 0 saturated heterocycles. The van der Waals surface area contributed by atoms with E-state index in [0.29, 0.717) is 0 Å². The average molecular weight is 262 g/mol. The summed E-state index contributed by atoms with van der Waals surface area (Å²) >= 11 is 0. The number of hydrogen-bond donors (Lipinski definition) is 0. The molecule has 0 aromatic heterocycles. The molecule has 0 amide bonds. The predicted molar refractivity (Wildman–Crippen MR) is 87.4 cm³/mol. The second-order valence-electron chi connectivity index (χ2n) is 6.82. The lowest BCUT2D eigenvalue weighted by molar-refractivity contribution is 0.253. The molecule has 1 aliphatic rings. The molecule has 1 aliphatic carbocycles. The molecule has 19 heavy (non-hydrogen) atoms. The van der Waals surface area contributed by atoms with E-state index in [1.807, 2.05) is 0 Å². The Hall–Kier alpha value is -0.520. The van der Waals surface area contributed by atoms with E-state index >= 15 is 0 Å². The van der Waals surface area contributed by atoms with Crippen molar-refractivity contribution in [2.45, 2.75) is 85.5 Å². The first-order valence-electron chi connectivity index (χ1n) is 8.38. The molecule has 0 radical (unpaired) electrons. The van der Waals surface area contributed by atoms with Crippen molar-refractivity contribution in [3.05, 3.63) is 23.3 Å². The summed E-state index contributed by atoms with van der Waals surface area (Å²) in [5.74, 6) is 1.95. The van der Waals surface area contributed by atoms with Crippen LogP contribution in [-0.2, 0) is 0 Å². The highest BCUT2D eigenvalue weighted by molar-refractivity contribution is 5.02. The van der Waals surface area contributed by atoms with Crippen molar-refractivity contribution in [3.63, 3.8) is 0 Å². The van der Waals surface area contributed by atoms with Gasteiger partial charge in [-0.05, 0) is 58.3 Å². The lowest BCUT2D eigenvalue weighted by atomic mass is 9.79. The highest BCUT2D eigenvalue weighted by Crippen LogP contribution is 2.32. The van der Waals surface area contributed by atoms with Gasteiger partial charge < -0.3 is 0 Å². The topological polar surface area (TPSA) is 0 Å². The minimum Gasteiger partial charge on any atom is -0.0856 e. The van der Waals surface area contributed by atoms with Gasteiger partial charge in [0.25, 0.3) is 0 Å². The van der Waals surface area contributed by atoms with Gasteiger partial charge in [-0.1, -0.05) is 62.3 Å². The van der Waals surface area contributed by atoms with E-state index < -0.39 is 0 Å². The fourth-order valence-electron chi connectivity index (χ4n) is 3.22. The molecule has 1 saturated carbocycles. The Morgan fingerprint density at radius 1 is 1.00 bits per heavy atom. The fourth-order valence-corrected chi connectivity index (χ4v) is 3.22. The molecule has 1 rings (SSSR count). The third kappa shape index (κ3) is 7.60. The van der Waals surface area contributed by atoms with E-state index in [4.69, 9.17) is 0 Å². The normalized spacial score (nSPS) is 19.3. The molecule has 110 valence electrons. The monoisotopic (exact) mass is 262 g/mol. The van der Waals surface area contributed by atoms with Gasteiger partial charge in [0.05, 0.1) is 0 Å². The van der Waals surface area contributed by atoms with Crippen LogP contribution in [0.4, 0.5) is 0 Å². The van der Waals surface area contributed by atoms with Crippen LogP contribution in [0, 0.1) is 11.8 Å². The minimum atomic E-state index is 0.933. The molecule has 1 unspecified atom stereocenters. The van der Waals surface area contributed by atoms with Crippen LogP contribution < -0.4 is 0 Å². The Labute approximate surface area is 121 Å². The highest BCUT2D eigenvalue weighted by Gasteiger charge is 2.19. The molecule has 0 spiro atoms. The van der Waals surface area contributed by atoms with Crippen LogP contribution in [0.5, 0.6) is 0 Å². The van der Waals surface area contributed by atoms with Gasteiger partial charge in [0.1, 0.15) is 0 Å². The zero-order valence-corrected chi connectivity index (χ0v) is 13.7. The zero-order valence-electron chi connectivity index (χ0n) is 13.7. The van der Waals surface area contributed by atoms with Crippen molar-refractivity contribution in [2.75, 3.05) is 0 Å². The molecule has 0 aromatic rings. The Bertz CT molecular complexity index is 285. The van der Waals surface area contributed by atoms with Crippen molar-refractivity contribution in [1.82, 2.24) is 0 Å². The van der Waals surface area contributed by atoms with Gasteiger partial charge >= 0.3 is 0 Å². The molecule has 0 nitrogen and oxygen atoms in total. The summed E-state index contributed by atoms with van der Waals surface area (Å²) in [6.07, 6.45) is 17.4. The molecule has 0 aromatic carbocycles. The van der Waals surface area contributed by atoms with Crippen molar-refractivity contribution in [2.24, 2.45) is 11.8 Å². The van der Waals surface area contributed by atoms with Crippen LogP contribution in [0.3, 0.4) is 0 Å². The maximum absolute atomic E-state index is 2.48. The lowest BCUT2D eigenvalue weighted by Gasteiger charge is -2.27. The van der Waals surface area contributed by atoms with Gasteiger partial charge in [0.15, 0.2) is 0 Å². The summed E-state index contributed by atoms with van der Waals surface area (Å²) in [5, 5.41) is 0. The van der Waals surface area contributed by atoms with Crippen LogP contribution in [0.1, 0.15) is 85.5 Å². The zero-order chi connectivity index (χ0) is 14.1. The van der Waals surface area contributed by atoms with Crippen molar-refractivity contribution >= 4 is 0 Å². The molecule has 0 bridgehead atoms. The summed E-state index contributed by atoms with van der Waals surface area (Å²) in [5.41, 5.74) is 3.02. The summed E-state index contributed by atoms with van der Waals surface area (Å²) in [4.78, 5) is 0. The summed E-state index contributed by atoms with van der Waals surface area (Å²) in [6, 6.07) is 0. The van der Waals surface area contributed by atoms with Crippen molar-refractivity contribution in [1.29, 1.82) is 0 Å². The van der Waals surface area contributed by atoms with E-state index in [2.05, 4.69) is 39.8 Å². The molecular weight excluding hydrogens is 228 g/mol. The Morgan fingerprint density at radius 2 is 1.68 bits per heavy atom. The SMILES string of the molecule is CC(C)=CCCC(C)=CCCC(C)C1CCCCC1. The van der Waals surface area contributed by atoms with Crippen LogP contribution >= 0.6 is 0 Å². The third-order valence-electron chi connectivity index (χ3n) is 4.66. The van der Waals surface area contributed by atoms with E-state index in [0.717, 1.165) is 11.8 Å². The first-order valence-corrected chi connectivity index (χ1v) is 8.38. The van der Waals surface area contributed by atoms with Crippen LogP contribution in [-0.4, -0.2) is 0 Å². The van der Waals surface area contributed by atoms with E-state index in [1.165, 1.54) is 63.4 Å². The largest absolute Gasteiger partial charge is 0.0856 e. The minimum absolute atomic E-state index is 0.933. The third-order valence-corrected chi connectivity index (χ3v) is 4.66.